The third-order valence-corrected chi connectivity index (χ3v) is 6.36. The number of nitrogens with zero attached hydrogens (tertiary/aromatic N) is 2. The van der Waals surface area contributed by atoms with Crippen molar-refractivity contribution in [3.8, 4) is 11.8 Å². The van der Waals surface area contributed by atoms with Crippen LogP contribution in [0, 0.1) is 11.3 Å². The van der Waals surface area contributed by atoms with E-state index in [1.807, 2.05) is 19.1 Å². The van der Waals surface area contributed by atoms with Gasteiger partial charge in [-0.1, -0.05) is 0 Å². The predicted octanol–water partition coefficient (Wildman–Crippen LogP) is 3.47. The third kappa shape index (κ3) is 3.73. The van der Waals surface area contributed by atoms with Gasteiger partial charge in [0.15, 0.2) is 0 Å². The molecule has 3 aromatic rings. The fourth-order valence-electron chi connectivity index (χ4n) is 3.04. The Morgan fingerprint density at radius 3 is 2.61 bits per heavy atom. The van der Waals surface area contributed by atoms with Crippen molar-refractivity contribution in [3.63, 3.8) is 0 Å². The minimum atomic E-state index is -2.91. The van der Waals surface area contributed by atoms with Gasteiger partial charge in [-0.2, -0.15) is 5.26 Å². The van der Waals surface area contributed by atoms with Crippen LogP contribution in [0.1, 0.15) is 24.5 Å². The molecule has 0 bridgehead atoms. The molecule has 1 aromatic heterocycles. The average molecular weight is 396 g/mol. The highest BCUT2D eigenvalue weighted by atomic mass is 32.2. The van der Waals surface area contributed by atoms with Crippen molar-refractivity contribution < 1.29 is 18.8 Å². The highest BCUT2D eigenvalue weighted by molar-refractivity contribution is 7.99. The Morgan fingerprint density at radius 1 is 1.29 bits per heavy atom. The molecule has 1 N–H and O–H groups in total. The fraction of sp³-hybridized carbons (Fsp3) is 0.190. The van der Waals surface area contributed by atoms with Crippen molar-refractivity contribution in [3.05, 3.63) is 59.8 Å². The highest BCUT2D eigenvalue weighted by Crippen LogP contribution is 2.30. The fourth-order valence-corrected chi connectivity index (χ4v) is 4.61. The van der Waals surface area contributed by atoms with E-state index < -0.39 is 15.7 Å². The maximum Gasteiger partial charge on any atom is 0.303 e. The second-order valence-corrected chi connectivity index (χ2v) is 8.41. The van der Waals surface area contributed by atoms with E-state index in [1.54, 1.807) is 46.6 Å². The van der Waals surface area contributed by atoms with Gasteiger partial charge in [0.1, 0.15) is 5.75 Å². The number of aryl methyl sites for hydroxylation is 1. The predicted molar refractivity (Wildman–Crippen MR) is 109 cm³/mol. The Labute approximate surface area is 163 Å². The van der Waals surface area contributed by atoms with Crippen LogP contribution in [0.4, 0.5) is 0 Å². The topological polar surface area (TPSA) is 92.3 Å². The maximum atomic E-state index is 13.6. The Bertz CT molecular complexity index is 1170. The van der Waals surface area contributed by atoms with Gasteiger partial charge in [-0.3, -0.25) is 8.77 Å². The van der Waals surface area contributed by atoms with Crippen molar-refractivity contribution in [2.24, 2.45) is 0 Å². The van der Waals surface area contributed by atoms with E-state index in [4.69, 9.17) is 15.1 Å². The molecule has 2 aromatic carbocycles. The van der Waals surface area contributed by atoms with Gasteiger partial charge in [-0.05, 0) is 67.2 Å². The summed E-state index contributed by atoms with van der Waals surface area (Å²) >= 11 is 0. The Balaban J connectivity index is 2.16. The summed E-state index contributed by atoms with van der Waals surface area (Å²) in [5.74, 6) is 3.71. The maximum absolute atomic E-state index is 13.6. The second kappa shape index (κ2) is 7.79. The summed E-state index contributed by atoms with van der Waals surface area (Å²) in [4.78, 5) is 11.5. The molecule has 3 rings (SSSR count). The first-order valence-electron chi connectivity index (χ1n) is 8.73. The van der Waals surface area contributed by atoms with Crippen molar-refractivity contribution in [1.29, 1.82) is 5.26 Å². The zero-order chi connectivity index (χ0) is 20.3. The average Bonchev–Trinajstić information content (AvgIpc) is 3.05. The van der Waals surface area contributed by atoms with Crippen LogP contribution in [0.2, 0.25) is 0 Å². The number of nitriles is 1. The van der Waals surface area contributed by atoms with Crippen LogP contribution in [0.15, 0.2) is 53.6 Å². The summed E-state index contributed by atoms with van der Waals surface area (Å²) in [7, 11) is -2.91. The first-order chi connectivity index (χ1) is 13.4. The minimum absolute atomic E-state index is 0.0345. The zero-order valence-electron chi connectivity index (χ0n) is 15.4. The standard InChI is InChI=1S/C21H20N2O4S/c1-3-27-17-7-10-20-19(12-17)16(6-11-21(24)25)14-23(20)28(2,26)18-8-4-15(13-22)5-9-18/h4-5,7-10,12,14H,2-3,6,11H2,1H3,(H,24,25). The van der Waals surface area contributed by atoms with Gasteiger partial charge < -0.3 is 9.84 Å². The molecule has 0 spiro atoms. The smallest absolute Gasteiger partial charge is 0.303 e. The largest absolute Gasteiger partial charge is 0.494 e. The molecule has 1 heterocycles. The highest BCUT2D eigenvalue weighted by Gasteiger charge is 2.18. The lowest BCUT2D eigenvalue weighted by Gasteiger charge is -2.13. The zero-order valence-corrected chi connectivity index (χ0v) is 16.2. The summed E-state index contributed by atoms with van der Waals surface area (Å²) in [6.45, 7) is 2.39. The number of carboxylic acid groups (broad SMARTS) is 1. The van der Waals surface area contributed by atoms with Crippen molar-refractivity contribution in [2.75, 3.05) is 6.61 Å². The molecule has 144 valence electrons. The number of carbonyl (C=O) groups is 1. The first kappa shape index (κ1) is 19.5. The van der Waals surface area contributed by atoms with Gasteiger partial charge in [-0.25, -0.2) is 4.21 Å². The van der Waals surface area contributed by atoms with Crippen LogP contribution in [0.5, 0.6) is 5.75 Å². The molecule has 28 heavy (non-hydrogen) atoms. The molecule has 1 unspecified atom stereocenters. The van der Waals surface area contributed by atoms with Gasteiger partial charge in [0.25, 0.3) is 0 Å². The number of carboxylic acids is 1. The molecule has 7 heteroatoms. The molecule has 0 fully saturated rings. The Kier molecular flexibility index (Phi) is 5.43. The first-order valence-corrected chi connectivity index (χ1v) is 10.4. The molecule has 0 aliphatic carbocycles. The molecule has 0 aliphatic heterocycles. The number of hydrogen-bond acceptors (Lipinski definition) is 4. The van der Waals surface area contributed by atoms with E-state index in [9.17, 15) is 9.00 Å². The van der Waals surface area contributed by atoms with Crippen molar-refractivity contribution in [1.82, 2.24) is 3.97 Å². The summed E-state index contributed by atoms with van der Waals surface area (Å²) in [6, 6.07) is 13.9. The normalized spacial score (nSPS) is 13.0. The number of benzene rings is 2. The van der Waals surface area contributed by atoms with E-state index >= 15 is 0 Å². The molecular formula is C21H20N2O4S. The van der Waals surface area contributed by atoms with Crippen LogP contribution >= 0.6 is 0 Å². The second-order valence-electron chi connectivity index (χ2n) is 6.26. The van der Waals surface area contributed by atoms with E-state index in [2.05, 4.69) is 5.87 Å². The number of hydrogen-bond donors (Lipinski definition) is 1. The van der Waals surface area contributed by atoms with Gasteiger partial charge in [-0.15, -0.1) is 0 Å². The number of rotatable bonds is 7. The number of aromatic nitrogens is 1. The molecular weight excluding hydrogens is 376 g/mol. The van der Waals surface area contributed by atoms with Crippen LogP contribution in [-0.4, -0.2) is 31.7 Å². The molecule has 0 saturated heterocycles. The van der Waals surface area contributed by atoms with E-state index in [0.29, 0.717) is 34.8 Å². The molecule has 0 amide bonds. The number of ether oxygens (including phenoxy) is 1. The number of aliphatic carboxylic acids is 1. The molecule has 1 atom stereocenters. The van der Waals surface area contributed by atoms with Gasteiger partial charge >= 0.3 is 5.97 Å². The van der Waals surface area contributed by atoms with Crippen LogP contribution < -0.4 is 4.74 Å². The quantitative estimate of drug-likeness (QED) is 0.618. The van der Waals surface area contributed by atoms with E-state index in [0.717, 1.165) is 10.9 Å². The van der Waals surface area contributed by atoms with E-state index in [1.165, 1.54) is 0 Å². The SMILES string of the molecule is C=S(=O)(c1ccc(C#N)cc1)n1cc(CCC(=O)O)c2cc(OCC)ccc21. The molecule has 6 nitrogen and oxygen atoms in total. The summed E-state index contributed by atoms with van der Waals surface area (Å²) in [5, 5.41) is 18.8. The Morgan fingerprint density at radius 2 is 2.00 bits per heavy atom. The van der Waals surface area contributed by atoms with Crippen LogP contribution in [0.3, 0.4) is 0 Å². The van der Waals surface area contributed by atoms with Gasteiger partial charge in [0.05, 0.1) is 38.4 Å². The lowest BCUT2D eigenvalue weighted by atomic mass is 10.1. The van der Waals surface area contributed by atoms with Crippen LogP contribution in [0.25, 0.3) is 10.9 Å². The van der Waals surface area contributed by atoms with Crippen LogP contribution in [-0.2, 0) is 20.9 Å². The molecule has 0 saturated carbocycles. The summed E-state index contributed by atoms with van der Waals surface area (Å²) in [5.41, 5.74) is 1.93. The molecule has 0 aliphatic rings. The monoisotopic (exact) mass is 396 g/mol. The summed E-state index contributed by atoms with van der Waals surface area (Å²) < 4.78 is 20.7. The molecule has 0 radical (unpaired) electrons. The van der Waals surface area contributed by atoms with Gasteiger partial charge in [0, 0.05) is 18.0 Å². The summed E-state index contributed by atoms with van der Waals surface area (Å²) in [6.07, 6.45) is 1.97. The van der Waals surface area contributed by atoms with Crippen molar-refractivity contribution in [2.45, 2.75) is 24.7 Å². The van der Waals surface area contributed by atoms with Crippen molar-refractivity contribution >= 4 is 32.5 Å². The lowest BCUT2D eigenvalue weighted by Crippen LogP contribution is -2.11. The lowest BCUT2D eigenvalue weighted by molar-refractivity contribution is -0.136. The van der Waals surface area contributed by atoms with Gasteiger partial charge in [0.2, 0.25) is 0 Å². The van der Waals surface area contributed by atoms with E-state index in [-0.39, 0.29) is 6.42 Å². The third-order valence-electron chi connectivity index (χ3n) is 4.41. The minimum Gasteiger partial charge on any atom is -0.494 e. The number of fused-ring (bicyclic) bond motifs is 1. The Hall–Kier alpha value is -3.24.